The van der Waals surface area contributed by atoms with Crippen LogP contribution >= 0.6 is 0 Å². The molecule has 4 heteroatoms. The Morgan fingerprint density at radius 2 is 1.95 bits per heavy atom. The Morgan fingerprint density at radius 1 is 1.36 bits per heavy atom. The molecule has 1 heterocycles. The normalized spacial score (nSPS) is 28.0. The third-order valence-corrected chi connectivity index (χ3v) is 5.59. The van der Waals surface area contributed by atoms with Crippen LogP contribution in [0.4, 0.5) is 0 Å². The van der Waals surface area contributed by atoms with Gasteiger partial charge in [-0.15, -0.1) is 0 Å². The van der Waals surface area contributed by atoms with E-state index in [1.165, 1.54) is 0 Å². The van der Waals surface area contributed by atoms with Crippen LogP contribution in [0.25, 0.3) is 0 Å². The number of carbonyl (C=O) groups excluding carboxylic acids is 1. The van der Waals surface area contributed by atoms with E-state index in [9.17, 15) is 9.90 Å². The van der Waals surface area contributed by atoms with Crippen molar-refractivity contribution in [3.8, 4) is 0 Å². The average molecular weight is 311 g/mol. The summed E-state index contributed by atoms with van der Waals surface area (Å²) in [6.45, 7) is 12.6. The summed E-state index contributed by atoms with van der Waals surface area (Å²) in [7, 11) is 0. The predicted molar refractivity (Wildman–Crippen MR) is 87.5 cm³/mol. The van der Waals surface area contributed by atoms with Crippen molar-refractivity contribution in [1.29, 1.82) is 0 Å². The van der Waals surface area contributed by atoms with Gasteiger partial charge in [0.2, 0.25) is 5.91 Å². The number of rotatable bonds is 5. The molecule has 2 rings (SSSR count). The molecule has 1 amide bonds. The molecule has 4 nitrogen and oxygen atoms in total. The highest BCUT2D eigenvalue weighted by Gasteiger charge is 2.56. The maximum absolute atomic E-state index is 12.8. The summed E-state index contributed by atoms with van der Waals surface area (Å²) >= 11 is 0. The van der Waals surface area contributed by atoms with E-state index in [-0.39, 0.29) is 28.9 Å². The summed E-state index contributed by atoms with van der Waals surface area (Å²) in [6.07, 6.45) is 3.31. The van der Waals surface area contributed by atoms with Crippen LogP contribution in [0.2, 0.25) is 0 Å². The molecule has 1 saturated heterocycles. The Balaban J connectivity index is 1.96. The van der Waals surface area contributed by atoms with E-state index >= 15 is 0 Å². The van der Waals surface area contributed by atoms with E-state index in [2.05, 4.69) is 27.7 Å². The van der Waals surface area contributed by atoms with E-state index in [4.69, 9.17) is 4.74 Å². The highest BCUT2D eigenvalue weighted by molar-refractivity contribution is 5.82. The highest BCUT2D eigenvalue weighted by atomic mass is 16.5. The first-order chi connectivity index (χ1) is 10.2. The van der Waals surface area contributed by atoms with Crippen molar-refractivity contribution in [1.82, 2.24) is 4.90 Å². The second-order valence-electron chi connectivity index (χ2n) is 8.20. The molecular weight excluding hydrogens is 278 g/mol. The van der Waals surface area contributed by atoms with Gasteiger partial charge in [-0.2, -0.15) is 0 Å². The molecule has 0 aromatic carbocycles. The molecule has 0 aromatic heterocycles. The molecule has 22 heavy (non-hydrogen) atoms. The molecule has 2 unspecified atom stereocenters. The highest BCUT2D eigenvalue weighted by Crippen LogP contribution is 2.51. The van der Waals surface area contributed by atoms with Gasteiger partial charge in [0.15, 0.2) is 0 Å². The molecule has 0 bridgehead atoms. The Hall–Kier alpha value is -0.610. The first-order valence-corrected chi connectivity index (χ1v) is 8.82. The lowest BCUT2D eigenvalue weighted by atomic mass is 9.58. The minimum atomic E-state index is -0.295. The smallest absolute Gasteiger partial charge is 0.228 e. The molecule has 0 radical (unpaired) electrons. The summed E-state index contributed by atoms with van der Waals surface area (Å²) in [4.78, 5) is 14.8. The zero-order chi connectivity index (χ0) is 16.5. The van der Waals surface area contributed by atoms with Crippen LogP contribution in [0.1, 0.15) is 60.3 Å². The van der Waals surface area contributed by atoms with Crippen molar-refractivity contribution in [3.63, 3.8) is 0 Å². The lowest BCUT2D eigenvalue weighted by Crippen LogP contribution is -2.63. The topological polar surface area (TPSA) is 49.8 Å². The molecule has 1 saturated carbocycles. The van der Waals surface area contributed by atoms with Crippen molar-refractivity contribution >= 4 is 5.91 Å². The van der Waals surface area contributed by atoms with Crippen molar-refractivity contribution in [2.75, 3.05) is 19.7 Å². The number of aliphatic hydroxyl groups excluding tert-OH is 1. The second kappa shape index (κ2) is 6.48. The van der Waals surface area contributed by atoms with E-state index in [0.717, 1.165) is 38.8 Å². The van der Waals surface area contributed by atoms with E-state index in [1.54, 1.807) is 0 Å². The molecular formula is C18H33NO3. The summed E-state index contributed by atoms with van der Waals surface area (Å²) in [5.74, 6) is 0.781. The van der Waals surface area contributed by atoms with Gasteiger partial charge in [-0.1, -0.05) is 27.7 Å². The zero-order valence-corrected chi connectivity index (χ0v) is 14.9. The van der Waals surface area contributed by atoms with Gasteiger partial charge >= 0.3 is 0 Å². The minimum absolute atomic E-state index is 0.102. The van der Waals surface area contributed by atoms with Crippen LogP contribution in [-0.2, 0) is 9.53 Å². The van der Waals surface area contributed by atoms with Gasteiger partial charge in [-0.25, -0.2) is 0 Å². The molecule has 1 N–H and O–H groups in total. The average Bonchev–Trinajstić information content (AvgIpc) is 2.45. The van der Waals surface area contributed by atoms with Crippen LogP contribution < -0.4 is 0 Å². The Morgan fingerprint density at radius 3 is 2.41 bits per heavy atom. The zero-order valence-electron chi connectivity index (χ0n) is 14.9. The van der Waals surface area contributed by atoms with E-state index < -0.39 is 0 Å². The summed E-state index contributed by atoms with van der Waals surface area (Å²) in [5, 5.41) is 10.2. The van der Waals surface area contributed by atoms with Crippen LogP contribution in [0.15, 0.2) is 0 Å². The Bertz CT molecular complexity index is 395. The van der Waals surface area contributed by atoms with Gasteiger partial charge in [0.1, 0.15) is 0 Å². The fraction of sp³-hybridized carbons (Fsp3) is 0.944. The fourth-order valence-electron chi connectivity index (χ4n) is 4.48. The largest absolute Gasteiger partial charge is 0.392 e. The van der Waals surface area contributed by atoms with Gasteiger partial charge in [0.05, 0.1) is 12.2 Å². The number of hydrogen-bond acceptors (Lipinski definition) is 3. The number of hydrogen-bond donors (Lipinski definition) is 1. The standard InChI is InChI=1S/C18H33NO3/c1-6-22-15-11-14(20)18(15)7-9-19(10-8-18)16(21)17(4,5)12-13(2)3/h13-15,20H,6-12H2,1-5H3. The van der Waals surface area contributed by atoms with Crippen molar-refractivity contribution < 1.29 is 14.6 Å². The van der Waals surface area contributed by atoms with Gasteiger partial charge in [-0.05, 0) is 32.1 Å². The quantitative estimate of drug-likeness (QED) is 0.849. The van der Waals surface area contributed by atoms with Crippen LogP contribution in [0.5, 0.6) is 0 Å². The SMILES string of the molecule is CCOC1CC(O)C12CCN(C(=O)C(C)(C)CC(C)C)CC2. The Labute approximate surface area is 135 Å². The van der Waals surface area contributed by atoms with Gasteiger partial charge < -0.3 is 14.7 Å². The molecule has 2 aliphatic rings. The molecule has 1 aliphatic carbocycles. The maximum atomic E-state index is 12.8. The number of likely N-dealkylation sites (tertiary alicyclic amines) is 1. The third kappa shape index (κ3) is 3.18. The number of carbonyl (C=O) groups is 1. The fourth-order valence-corrected chi connectivity index (χ4v) is 4.48. The maximum Gasteiger partial charge on any atom is 0.228 e. The molecule has 2 atom stereocenters. The molecule has 0 aromatic rings. The summed E-state index contributed by atoms with van der Waals surface area (Å²) in [6, 6.07) is 0. The lowest BCUT2D eigenvalue weighted by molar-refractivity contribution is -0.211. The summed E-state index contributed by atoms with van der Waals surface area (Å²) < 4.78 is 5.79. The summed E-state index contributed by atoms with van der Waals surface area (Å²) in [5.41, 5.74) is -0.398. The van der Waals surface area contributed by atoms with Crippen molar-refractivity contribution in [2.24, 2.45) is 16.7 Å². The second-order valence-corrected chi connectivity index (χ2v) is 8.20. The van der Waals surface area contributed by atoms with Crippen LogP contribution in [0, 0.1) is 16.7 Å². The lowest BCUT2D eigenvalue weighted by Gasteiger charge is -2.57. The van der Waals surface area contributed by atoms with Gasteiger partial charge in [-0.3, -0.25) is 4.79 Å². The van der Waals surface area contributed by atoms with Crippen molar-refractivity contribution in [2.45, 2.75) is 72.5 Å². The molecule has 128 valence electrons. The molecule has 2 fully saturated rings. The first kappa shape index (κ1) is 17.7. The predicted octanol–water partition coefficient (Wildman–Crippen LogP) is 2.84. The van der Waals surface area contributed by atoms with E-state index in [1.807, 2.05) is 11.8 Å². The monoisotopic (exact) mass is 311 g/mol. The number of amides is 1. The molecule has 1 spiro atoms. The van der Waals surface area contributed by atoms with Crippen LogP contribution in [0.3, 0.4) is 0 Å². The number of piperidine rings is 1. The van der Waals surface area contributed by atoms with E-state index in [0.29, 0.717) is 12.5 Å². The number of aliphatic hydroxyl groups is 1. The number of nitrogens with zero attached hydrogens (tertiary/aromatic N) is 1. The van der Waals surface area contributed by atoms with Gasteiger partial charge in [0.25, 0.3) is 0 Å². The molecule has 1 aliphatic heterocycles. The van der Waals surface area contributed by atoms with Crippen molar-refractivity contribution in [3.05, 3.63) is 0 Å². The Kier molecular flexibility index (Phi) is 5.23. The van der Waals surface area contributed by atoms with Gasteiger partial charge in [0, 0.05) is 36.9 Å². The van der Waals surface area contributed by atoms with Crippen LogP contribution in [-0.4, -0.2) is 47.8 Å². The minimum Gasteiger partial charge on any atom is -0.392 e. The first-order valence-electron chi connectivity index (χ1n) is 8.82. The number of ether oxygens (including phenoxy) is 1. The third-order valence-electron chi connectivity index (χ3n) is 5.59.